The number of nitrogens with one attached hydrogen (secondary N) is 2. The minimum atomic E-state index is 0.701. The van der Waals surface area contributed by atoms with Crippen LogP contribution in [-0.4, -0.2) is 65.4 Å². The molecule has 0 amide bonds. The predicted molar refractivity (Wildman–Crippen MR) is 88.7 cm³/mol. The summed E-state index contributed by atoms with van der Waals surface area (Å²) in [5, 5.41) is 8.52. The summed E-state index contributed by atoms with van der Waals surface area (Å²) in [5.41, 5.74) is 5.95. The van der Waals surface area contributed by atoms with Gasteiger partial charge >= 0.3 is 0 Å². The number of piperazine rings is 1. The maximum atomic E-state index is 5.43. The highest BCUT2D eigenvalue weighted by molar-refractivity contribution is 7.80. The molecule has 21 heavy (non-hydrogen) atoms. The Balaban J connectivity index is 1.65. The van der Waals surface area contributed by atoms with Crippen molar-refractivity contribution < 1.29 is 0 Å². The second-order valence-corrected chi connectivity index (χ2v) is 5.73. The van der Waals surface area contributed by atoms with Crippen molar-refractivity contribution >= 4 is 28.7 Å². The van der Waals surface area contributed by atoms with Crippen LogP contribution in [0.25, 0.3) is 0 Å². The van der Waals surface area contributed by atoms with Gasteiger partial charge in [0, 0.05) is 45.3 Å². The van der Waals surface area contributed by atoms with Crippen molar-refractivity contribution in [3.63, 3.8) is 0 Å². The highest BCUT2D eigenvalue weighted by Gasteiger charge is 2.18. The molecule has 1 aromatic rings. The molecule has 2 N–H and O–H groups in total. The molecular formula is C14H20N6S. The molecule has 1 fully saturated rings. The molecule has 6 nitrogen and oxygen atoms in total. The van der Waals surface area contributed by atoms with Gasteiger partial charge in [-0.2, -0.15) is 5.10 Å². The van der Waals surface area contributed by atoms with E-state index < -0.39 is 0 Å². The quantitative estimate of drug-likeness (QED) is 0.589. The van der Waals surface area contributed by atoms with E-state index in [-0.39, 0.29) is 0 Å². The molecule has 0 unspecified atom stereocenters. The Hall–Kier alpha value is -1.73. The van der Waals surface area contributed by atoms with Gasteiger partial charge < -0.3 is 15.1 Å². The zero-order valence-electron chi connectivity index (χ0n) is 12.2. The fourth-order valence-corrected chi connectivity index (χ4v) is 2.74. The van der Waals surface area contributed by atoms with Gasteiger partial charge in [0.1, 0.15) is 5.69 Å². The number of likely N-dealkylation sites (N-methyl/N-ethyl adjacent to an activating group) is 1. The monoisotopic (exact) mass is 304 g/mol. The molecule has 7 heteroatoms. The molecule has 2 aliphatic rings. The van der Waals surface area contributed by atoms with Crippen molar-refractivity contribution in [1.29, 1.82) is 0 Å². The van der Waals surface area contributed by atoms with Gasteiger partial charge in [-0.15, -0.1) is 0 Å². The summed E-state index contributed by atoms with van der Waals surface area (Å²) in [5.74, 6) is 0. The second kappa shape index (κ2) is 6.36. The topological polar surface area (TPSA) is 55.8 Å². The largest absolute Gasteiger partial charge is 0.383 e. The summed E-state index contributed by atoms with van der Waals surface area (Å²) in [6, 6.07) is 3.95. The lowest BCUT2D eigenvalue weighted by atomic mass is 10.1. The van der Waals surface area contributed by atoms with Crippen LogP contribution < -0.4 is 10.7 Å². The first-order valence-electron chi connectivity index (χ1n) is 7.23. The van der Waals surface area contributed by atoms with Crippen molar-refractivity contribution in [2.24, 2.45) is 5.10 Å². The summed E-state index contributed by atoms with van der Waals surface area (Å²) in [6.45, 7) is 4.84. The Labute approximate surface area is 130 Å². The zero-order chi connectivity index (χ0) is 14.7. The first-order chi connectivity index (χ1) is 10.2. The Morgan fingerprint density at radius 2 is 2.19 bits per heavy atom. The first-order valence-corrected chi connectivity index (χ1v) is 7.64. The average Bonchev–Trinajstić information content (AvgIpc) is 2.53. The number of nitrogens with zero attached hydrogens (tertiary/aromatic N) is 4. The Kier molecular flexibility index (Phi) is 4.31. The lowest BCUT2D eigenvalue weighted by Crippen LogP contribution is -2.49. The minimum absolute atomic E-state index is 0.701. The van der Waals surface area contributed by atoms with E-state index in [0.29, 0.717) is 5.11 Å². The van der Waals surface area contributed by atoms with Crippen LogP contribution in [0.4, 0.5) is 5.69 Å². The molecule has 0 aliphatic carbocycles. The van der Waals surface area contributed by atoms with Gasteiger partial charge in [0.05, 0.1) is 11.4 Å². The zero-order valence-corrected chi connectivity index (χ0v) is 13.0. The molecule has 0 atom stereocenters. The molecule has 3 heterocycles. The number of fused-ring (bicyclic) bond motifs is 1. The van der Waals surface area contributed by atoms with E-state index in [1.54, 1.807) is 6.20 Å². The van der Waals surface area contributed by atoms with Crippen LogP contribution in [0.2, 0.25) is 0 Å². The molecule has 0 saturated carbocycles. The van der Waals surface area contributed by atoms with Crippen LogP contribution in [0.1, 0.15) is 12.1 Å². The fraction of sp³-hybridized carbons (Fsp3) is 0.500. The van der Waals surface area contributed by atoms with Crippen molar-refractivity contribution in [2.45, 2.75) is 6.42 Å². The molecule has 3 rings (SSSR count). The molecule has 0 radical (unpaired) electrons. The van der Waals surface area contributed by atoms with Gasteiger partial charge in [-0.05, 0) is 31.4 Å². The fourth-order valence-electron chi connectivity index (χ4n) is 2.52. The van der Waals surface area contributed by atoms with E-state index in [0.717, 1.165) is 56.2 Å². The highest BCUT2D eigenvalue weighted by atomic mass is 32.1. The van der Waals surface area contributed by atoms with E-state index in [1.807, 2.05) is 12.1 Å². The van der Waals surface area contributed by atoms with E-state index in [9.17, 15) is 0 Å². The summed E-state index contributed by atoms with van der Waals surface area (Å²) in [7, 11) is 2.13. The lowest BCUT2D eigenvalue weighted by molar-refractivity contribution is 0.214. The third-order valence-corrected chi connectivity index (χ3v) is 4.18. The predicted octanol–water partition coefficient (Wildman–Crippen LogP) is 0.723. The summed E-state index contributed by atoms with van der Waals surface area (Å²) < 4.78 is 0. The molecular weight excluding hydrogens is 284 g/mol. The highest BCUT2D eigenvalue weighted by Crippen LogP contribution is 2.18. The van der Waals surface area contributed by atoms with Gasteiger partial charge in [-0.25, -0.2) is 0 Å². The molecule has 0 aromatic carbocycles. The third kappa shape index (κ3) is 3.30. The van der Waals surface area contributed by atoms with Crippen LogP contribution in [0, 0.1) is 0 Å². The molecule has 112 valence electrons. The maximum absolute atomic E-state index is 5.43. The van der Waals surface area contributed by atoms with Crippen LogP contribution >= 0.6 is 12.2 Å². The van der Waals surface area contributed by atoms with Crippen LogP contribution in [0.3, 0.4) is 0 Å². The Morgan fingerprint density at radius 1 is 1.38 bits per heavy atom. The van der Waals surface area contributed by atoms with Crippen molar-refractivity contribution in [3.05, 3.63) is 24.0 Å². The number of rotatable bonds is 1. The van der Waals surface area contributed by atoms with E-state index in [2.05, 4.69) is 37.7 Å². The smallest absolute Gasteiger partial charge is 0.189 e. The average molecular weight is 304 g/mol. The van der Waals surface area contributed by atoms with Crippen LogP contribution in [0.5, 0.6) is 0 Å². The molecule has 0 bridgehead atoms. The van der Waals surface area contributed by atoms with E-state index >= 15 is 0 Å². The number of hydrogen-bond donors (Lipinski definition) is 2. The van der Waals surface area contributed by atoms with Gasteiger partial charge in [0.2, 0.25) is 0 Å². The molecule has 1 aromatic heterocycles. The Morgan fingerprint density at radius 3 is 3.00 bits per heavy atom. The second-order valence-electron chi connectivity index (χ2n) is 5.34. The standard InChI is InChI=1S/C14H20N6S/c1-19-7-9-20(10-8-19)14(21)18-17-12-4-6-15-11-3-2-5-16-13(11)12/h2-3,5,15H,4,6-10H2,1H3,(H,18,21)/b17-12-. The van der Waals surface area contributed by atoms with Gasteiger partial charge in [-0.1, -0.05) is 0 Å². The molecule has 1 saturated heterocycles. The third-order valence-electron chi connectivity index (χ3n) is 3.84. The van der Waals surface area contributed by atoms with Crippen LogP contribution in [-0.2, 0) is 0 Å². The van der Waals surface area contributed by atoms with Crippen LogP contribution in [0.15, 0.2) is 23.4 Å². The number of pyridine rings is 1. The van der Waals surface area contributed by atoms with Crippen molar-refractivity contribution in [2.75, 3.05) is 45.1 Å². The number of aromatic nitrogens is 1. The van der Waals surface area contributed by atoms with Crippen molar-refractivity contribution in [1.82, 2.24) is 20.2 Å². The van der Waals surface area contributed by atoms with Gasteiger partial charge in [0.15, 0.2) is 5.11 Å². The summed E-state index contributed by atoms with van der Waals surface area (Å²) in [4.78, 5) is 8.87. The van der Waals surface area contributed by atoms with Gasteiger partial charge in [-0.3, -0.25) is 10.4 Å². The minimum Gasteiger partial charge on any atom is -0.383 e. The van der Waals surface area contributed by atoms with E-state index in [1.165, 1.54) is 0 Å². The normalized spacial score (nSPS) is 20.8. The Bertz CT molecular complexity index is 550. The lowest BCUT2D eigenvalue weighted by Gasteiger charge is -2.33. The van der Waals surface area contributed by atoms with Crippen molar-refractivity contribution in [3.8, 4) is 0 Å². The van der Waals surface area contributed by atoms with Gasteiger partial charge in [0.25, 0.3) is 0 Å². The number of anilines is 1. The summed E-state index contributed by atoms with van der Waals surface area (Å²) >= 11 is 5.43. The number of hydrazone groups is 1. The number of thiocarbonyl (C=S) groups is 1. The molecule has 0 spiro atoms. The maximum Gasteiger partial charge on any atom is 0.189 e. The van der Waals surface area contributed by atoms with E-state index in [4.69, 9.17) is 12.2 Å². The molecule has 2 aliphatic heterocycles. The number of hydrogen-bond acceptors (Lipinski definition) is 5. The first kappa shape index (κ1) is 14.2. The SMILES string of the molecule is CN1CCN(C(=S)N/N=C2/CCNc3cccnc32)CC1. The summed E-state index contributed by atoms with van der Waals surface area (Å²) in [6.07, 6.45) is 2.64.